The Hall–Kier alpha value is -1.62. The number of carbonyl (C=O) groups is 1. The summed E-state index contributed by atoms with van der Waals surface area (Å²) in [6.45, 7) is 5.02. The molecule has 19 heavy (non-hydrogen) atoms. The molecule has 0 fully saturated rings. The second-order valence-electron chi connectivity index (χ2n) is 4.10. The predicted octanol–water partition coefficient (Wildman–Crippen LogP) is 2.52. The van der Waals surface area contributed by atoms with Gasteiger partial charge in [-0.1, -0.05) is 0 Å². The van der Waals surface area contributed by atoms with Crippen LogP contribution in [0.5, 0.6) is 0 Å². The van der Waals surface area contributed by atoms with Gasteiger partial charge in [0.2, 0.25) is 0 Å². The largest absolute Gasteiger partial charge is 0.464 e. The summed E-state index contributed by atoms with van der Waals surface area (Å²) in [5.41, 5.74) is 1.49. The van der Waals surface area contributed by atoms with Gasteiger partial charge in [0, 0.05) is 18.8 Å². The fourth-order valence-corrected chi connectivity index (χ4v) is 1.52. The standard InChI is InChI=1S/C14H20FNO3/c1-3-19-14(17)10-18-8-4-7-16-12-5-6-13(15)11(2)9-12/h5-6,9,16H,3-4,7-8,10H2,1-2H3. The third-order valence-corrected chi connectivity index (χ3v) is 2.48. The number of hydrogen-bond donors (Lipinski definition) is 1. The molecule has 1 aromatic rings. The van der Waals surface area contributed by atoms with E-state index in [4.69, 9.17) is 9.47 Å². The van der Waals surface area contributed by atoms with Gasteiger partial charge in [-0.05, 0) is 44.0 Å². The molecule has 0 saturated heterocycles. The summed E-state index contributed by atoms with van der Waals surface area (Å²) in [6, 6.07) is 4.89. The molecule has 0 aliphatic carbocycles. The second-order valence-corrected chi connectivity index (χ2v) is 4.10. The molecule has 0 bridgehead atoms. The minimum Gasteiger partial charge on any atom is -0.464 e. The number of esters is 1. The third-order valence-electron chi connectivity index (χ3n) is 2.48. The number of rotatable bonds is 8. The maximum absolute atomic E-state index is 13.0. The lowest BCUT2D eigenvalue weighted by Gasteiger charge is -2.08. The molecule has 0 atom stereocenters. The summed E-state index contributed by atoms with van der Waals surface area (Å²) in [5, 5.41) is 3.16. The smallest absolute Gasteiger partial charge is 0.332 e. The van der Waals surface area contributed by atoms with E-state index >= 15 is 0 Å². The van der Waals surface area contributed by atoms with Gasteiger partial charge in [-0.2, -0.15) is 0 Å². The Bertz CT molecular complexity index is 410. The summed E-state index contributed by atoms with van der Waals surface area (Å²) in [5.74, 6) is -0.548. The molecular formula is C14H20FNO3. The molecule has 0 spiro atoms. The molecular weight excluding hydrogens is 249 g/mol. The van der Waals surface area contributed by atoms with Crippen molar-refractivity contribution in [2.75, 3.05) is 31.7 Å². The van der Waals surface area contributed by atoms with E-state index in [-0.39, 0.29) is 18.4 Å². The van der Waals surface area contributed by atoms with Crippen LogP contribution in [0.1, 0.15) is 18.9 Å². The Morgan fingerprint density at radius 1 is 1.42 bits per heavy atom. The Morgan fingerprint density at radius 3 is 2.89 bits per heavy atom. The molecule has 0 aromatic heterocycles. The van der Waals surface area contributed by atoms with Gasteiger partial charge in [0.05, 0.1) is 6.61 Å². The van der Waals surface area contributed by atoms with Crippen molar-refractivity contribution in [2.24, 2.45) is 0 Å². The van der Waals surface area contributed by atoms with E-state index in [2.05, 4.69) is 5.32 Å². The third kappa shape index (κ3) is 6.20. The molecule has 0 unspecified atom stereocenters. The Balaban J connectivity index is 2.10. The molecule has 1 aromatic carbocycles. The topological polar surface area (TPSA) is 47.6 Å². The van der Waals surface area contributed by atoms with Crippen LogP contribution in [0.4, 0.5) is 10.1 Å². The van der Waals surface area contributed by atoms with Gasteiger partial charge in [-0.15, -0.1) is 0 Å². The van der Waals surface area contributed by atoms with E-state index in [1.807, 2.05) is 0 Å². The summed E-state index contributed by atoms with van der Waals surface area (Å²) in [7, 11) is 0. The fraction of sp³-hybridized carbons (Fsp3) is 0.500. The van der Waals surface area contributed by atoms with Crippen molar-refractivity contribution in [1.29, 1.82) is 0 Å². The van der Waals surface area contributed by atoms with Crippen LogP contribution in [-0.2, 0) is 14.3 Å². The number of hydrogen-bond acceptors (Lipinski definition) is 4. The number of carbonyl (C=O) groups excluding carboxylic acids is 1. The van der Waals surface area contributed by atoms with Gasteiger partial charge < -0.3 is 14.8 Å². The van der Waals surface area contributed by atoms with E-state index in [0.717, 1.165) is 12.1 Å². The maximum Gasteiger partial charge on any atom is 0.332 e. The van der Waals surface area contributed by atoms with Crippen LogP contribution in [0.2, 0.25) is 0 Å². The van der Waals surface area contributed by atoms with Gasteiger partial charge >= 0.3 is 5.97 Å². The van der Waals surface area contributed by atoms with Crippen LogP contribution in [-0.4, -0.2) is 32.3 Å². The first kappa shape index (κ1) is 15.4. The zero-order valence-electron chi connectivity index (χ0n) is 11.4. The second kappa shape index (κ2) is 8.48. The zero-order valence-corrected chi connectivity index (χ0v) is 11.4. The van der Waals surface area contributed by atoms with Gasteiger partial charge in [-0.25, -0.2) is 9.18 Å². The van der Waals surface area contributed by atoms with Gasteiger partial charge in [0.25, 0.3) is 0 Å². The molecule has 1 N–H and O–H groups in total. The quantitative estimate of drug-likeness (QED) is 0.582. The predicted molar refractivity (Wildman–Crippen MR) is 71.7 cm³/mol. The Kier molecular flexibility index (Phi) is 6.89. The highest BCUT2D eigenvalue weighted by atomic mass is 19.1. The van der Waals surface area contributed by atoms with Crippen LogP contribution >= 0.6 is 0 Å². The first-order valence-corrected chi connectivity index (χ1v) is 6.37. The summed E-state index contributed by atoms with van der Waals surface area (Å²) in [4.78, 5) is 11.0. The van der Waals surface area contributed by atoms with Crippen LogP contribution in [0.15, 0.2) is 18.2 Å². The van der Waals surface area contributed by atoms with Crippen LogP contribution < -0.4 is 5.32 Å². The Morgan fingerprint density at radius 2 is 2.21 bits per heavy atom. The molecule has 4 nitrogen and oxygen atoms in total. The summed E-state index contributed by atoms with van der Waals surface area (Å²) >= 11 is 0. The molecule has 106 valence electrons. The number of nitrogens with one attached hydrogen (secondary N) is 1. The highest BCUT2D eigenvalue weighted by Gasteiger charge is 2.01. The van der Waals surface area contributed by atoms with Crippen LogP contribution in [0.25, 0.3) is 0 Å². The van der Waals surface area contributed by atoms with Crippen molar-refractivity contribution in [1.82, 2.24) is 0 Å². The maximum atomic E-state index is 13.0. The van der Waals surface area contributed by atoms with Crippen molar-refractivity contribution < 1.29 is 18.7 Å². The number of anilines is 1. The van der Waals surface area contributed by atoms with Crippen LogP contribution in [0.3, 0.4) is 0 Å². The van der Waals surface area contributed by atoms with Gasteiger partial charge in [-0.3, -0.25) is 0 Å². The number of halogens is 1. The van der Waals surface area contributed by atoms with Crippen molar-refractivity contribution in [3.05, 3.63) is 29.6 Å². The summed E-state index contributed by atoms with van der Waals surface area (Å²) in [6.07, 6.45) is 0.760. The number of benzene rings is 1. The highest BCUT2D eigenvalue weighted by Crippen LogP contribution is 2.13. The van der Waals surface area contributed by atoms with Gasteiger partial charge in [0.1, 0.15) is 12.4 Å². The molecule has 0 aliphatic rings. The minimum absolute atomic E-state index is 0.0104. The normalized spacial score (nSPS) is 10.3. The summed E-state index contributed by atoms with van der Waals surface area (Å²) < 4.78 is 22.9. The molecule has 1 rings (SSSR count). The highest BCUT2D eigenvalue weighted by molar-refractivity contribution is 5.70. The van der Waals surface area contributed by atoms with E-state index in [9.17, 15) is 9.18 Å². The minimum atomic E-state index is -0.343. The Labute approximate surface area is 112 Å². The first-order valence-electron chi connectivity index (χ1n) is 6.37. The van der Waals surface area contributed by atoms with Crippen molar-refractivity contribution >= 4 is 11.7 Å². The van der Waals surface area contributed by atoms with E-state index in [1.165, 1.54) is 6.07 Å². The van der Waals surface area contributed by atoms with Crippen molar-refractivity contribution in [3.8, 4) is 0 Å². The molecule has 5 heteroatoms. The molecule has 0 heterocycles. The lowest BCUT2D eigenvalue weighted by molar-refractivity contribution is -0.148. The SMILES string of the molecule is CCOC(=O)COCCCNc1ccc(F)c(C)c1. The van der Waals surface area contributed by atoms with E-state index < -0.39 is 0 Å². The van der Waals surface area contributed by atoms with Crippen molar-refractivity contribution in [2.45, 2.75) is 20.3 Å². The van der Waals surface area contributed by atoms with Gasteiger partial charge in [0.15, 0.2) is 0 Å². The first-order chi connectivity index (χ1) is 9.13. The molecule has 0 saturated carbocycles. The molecule has 0 aliphatic heterocycles. The van der Waals surface area contributed by atoms with Crippen molar-refractivity contribution in [3.63, 3.8) is 0 Å². The zero-order chi connectivity index (χ0) is 14.1. The fourth-order valence-electron chi connectivity index (χ4n) is 1.52. The average molecular weight is 269 g/mol. The average Bonchev–Trinajstić information content (AvgIpc) is 2.38. The molecule has 0 radical (unpaired) electrons. The lowest BCUT2D eigenvalue weighted by atomic mass is 10.2. The molecule has 0 amide bonds. The monoisotopic (exact) mass is 269 g/mol. The lowest BCUT2D eigenvalue weighted by Crippen LogP contribution is -2.14. The number of ether oxygens (including phenoxy) is 2. The number of aryl methyl sites for hydroxylation is 1. The van der Waals surface area contributed by atoms with Crippen LogP contribution in [0, 0.1) is 12.7 Å². The van der Waals surface area contributed by atoms with E-state index in [1.54, 1.807) is 26.0 Å². The van der Waals surface area contributed by atoms with E-state index in [0.29, 0.717) is 25.3 Å².